The van der Waals surface area contributed by atoms with Gasteiger partial charge in [0, 0.05) is 19.7 Å². The van der Waals surface area contributed by atoms with E-state index in [1.807, 2.05) is 6.92 Å². The average Bonchev–Trinajstić information content (AvgIpc) is 2.90. The van der Waals surface area contributed by atoms with Gasteiger partial charge in [-0.2, -0.15) is 0 Å². The van der Waals surface area contributed by atoms with E-state index in [0.717, 1.165) is 45.6 Å². The number of hydrogen-bond donors (Lipinski definition) is 0. The molecule has 0 unspecified atom stereocenters. The maximum Gasteiger partial charge on any atom is 0.225 e. The summed E-state index contributed by atoms with van der Waals surface area (Å²) in [7, 11) is 0. The zero-order valence-corrected chi connectivity index (χ0v) is 12.4. The van der Waals surface area contributed by atoms with Crippen molar-refractivity contribution < 1.29 is 13.9 Å². The average molecular weight is 295 g/mol. The van der Waals surface area contributed by atoms with Gasteiger partial charge in [-0.1, -0.05) is 0 Å². The van der Waals surface area contributed by atoms with Crippen LogP contribution in [0.1, 0.15) is 26.2 Å². The van der Waals surface area contributed by atoms with Crippen molar-refractivity contribution in [2.24, 2.45) is 5.41 Å². The van der Waals surface area contributed by atoms with Crippen molar-refractivity contribution >= 4 is 5.95 Å². The van der Waals surface area contributed by atoms with Crippen LogP contribution < -0.4 is 4.90 Å². The lowest BCUT2D eigenvalue weighted by atomic mass is 9.77. The van der Waals surface area contributed by atoms with Gasteiger partial charge < -0.3 is 14.4 Å². The molecular formula is C15H22FN3O2. The molecule has 2 aliphatic rings. The van der Waals surface area contributed by atoms with Gasteiger partial charge in [0.25, 0.3) is 0 Å². The van der Waals surface area contributed by atoms with Crippen LogP contribution >= 0.6 is 0 Å². The molecule has 0 amide bonds. The third-order valence-electron chi connectivity index (χ3n) is 4.51. The Hall–Kier alpha value is -1.27. The molecular weight excluding hydrogens is 273 g/mol. The fourth-order valence-corrected chi connectivity index (χ4v) is 3.25. The number of aromatic nitrogens is 2. The lowest BCUT2D eigenvalue weighted by Crippen LogP contribution is -2.41. The molecule has 6 heteroatoms. The smallest absolute Gasteiger partial charge is 0.225 e. The fraction of sp³-hybridized carbons (Fsp3) is 0.733. The van der Waals surface area contributed by atoms with E-state index < -0.39 is 5.82 Å². The van der Waals surface area contributed by atoms with Crippen LogP contribution in [0.2, 0.25) is 0 Å². The maximum absolute atomic E-state index is 12.9. The zero-order chi connectivity index (χ0) is 14.7. The molecule has 0 aliphatic carbocycles. The highest BCUT2D eigenvalue weighted by Gasteiger charge is 2.42. The first kappa shape index (κ1) is 14.7. The molecule has 1 aromatic heterocycles. The molecule has 1 spiro atoms. The van der Waals surface area contributed by atoms with E-state index in [4.69, 9.17) is 9.47 Å². The maximum atomic E-state index is 12.9. The topological polar surface area (TPSA) is 47.5 Å². The lowest BCUT2D eigenvalue weighted by Gasteiger charge is -2.38. The molecule has 5 nitrogen and oxygen atoms in total. The van der Waals surface area contributed by atoms with E-state index in [0.29, 0.717) is 12.6 Å². The Labute approximate surface area is 124 Å². The second kappa shape index (κ2) is 6.23. The van der Waals surface area contributed by atoms with Crippen molar-refractivity contribution in [1.82, 2.24) is 9.97 Å². The highest BCUT2D eigenvalue weighted by atomic mass is 19.1. The molecule has 0 saturated carbocycles. The molecule has 2 aliphatic heterocycles. The molecule has 21 heavy (non-hydrogen) atoms. The van der Waals surface area contributed by atoms with Gasteiger partial charge in [0.1, 0.15) is 0 Å². The second-order valence-corrected chi connectivity index (χ2v) is 5.98. The summed E-state index contributed by atoms with van der Waals surface area (Å²) in [5.41, 5.74) is 0.276. The van der Waals surface area contributed by atoms with E-state index >= 15 is 0 Å². The molecule has 0 N–H and O–H groups in total. The van der Waals surface area contributed by atoms with E-state index in [1.54, 1.807) is 0 Å². The minimum atomic E-state index is -0.393. The zero-order valence-electron chi connectivity index (χ0n) is 12.4. The van der Waals surface area contributed by atoms with Gasteiger partial charge in [0.05, 0.1) is 31.7 Å². The van der Waals surface area contributed by atoms with Crippen molar-refractivity contribution in [3.05, 3.63) is 18.2 Å². The predicted octanol–water partition coefficient (Wildman–Crippen LogP) is 2.03. The van der Waals surface area contributed by atoms with Gasteiger partial charge in [0.2, 0.25) is 5.95 Å². The van der Waals surface area contributed by atoms with Crippen LogP contribution in [0.25, 0.3) is 0 Å². The van der Waals surface area contributed by atoms with E-state index in [-0.39, 0.29) is 11.5 Å². The van der Waals surface area contributed by atoms with Crippen LogP contribution in [0.5, 0.6) is 0 Å². The summed E-state index contributed by atoms with van der Waals surface area (Å²) in [5.74, 6) is 0.228. The summed E-state index contributed by atoms with van der Waals surface area (Å²) in [6.07, 6.45) is 5.89. The summed E-state index contributed by atoms with van der Waals surface area (Å²) >= 11 is 0. The third kappa shape index (κ3) is 3.32. The van der Waals surface area contributed by atoms with E-state index in [1.165, 1.54) is 12.4 Å². The Morgan fingerprint density at radius 1 is 1.38 bits per heavy atom. The minimum absolute atomic E-state index is 0.235. The Balaban J connectivity index is 1.54. The molecule has 0 bridgehead atoms. The molecule has 2 fully saturated rings. The largest absolute Gasteiger partial charge is 0.379 e. The van der Waals surface area contributed by atoms with Crippen LogP contribution in [0.3, 0.4) is 0 Å². The fourth-order valence-electron chi connectivity index (χ4n) is 3.25. The third-order valence-corrected chi connectivity index (χ3v) is 4.51. The van der Waals surface area contributed by atoms with Crippen LogP contribution in [0.4, 0.5) is 10.3 Å². The normalized spacial score (nSPS) is 24.7. The molecule has 116 valence electrons. The first-order valence-corrected chi connectivity index (χ1v) is 7.63. The van der Waals surface area contributed by atoms with E-state index in [2.05, 4.69) is 14.9 Å². The van der Waals surface area contributed by atoms with Crippen molar-refractivity contribution in [3.8, 4) is 0 Å². The summed E-state index contributed by atoms with van der Waals surface area (Å²) in [4.78, 5) is 10.2. The van der Waals surface area contributed by atoms with Crippen molar-refractivity contribution in [2.75, 3.05) is 37.8 Å². The van der Waals surface area contributed by atoms with Crippen LogP contribution in [0, 0.1) is 11.2 Å². The highest BCUT2D eigenvalue weighted by molar-refractivity contribution is 5.29. The Morgan fingerprint density at radius 3 is 2.76 bits per heavy atom. The first-order chi connectivity index (χ1) is 10.2. The highest BCUT2D eigenvalue weighted by Crippen LogP contribution is 2.42. The number of ether oxygens (including phenoxy) is 2. The Morgan fingerprint density at radius 2 is 2.10 bits per heavy atom. The standard InChI is InChI=1S/C15H22FN3O2/c1-2-20-10-13-7-15(11-21-13)3-5-19(6-4-15)14-17-8-12(16)9-18-14/h8-9,13H,2-7,10-11H2,1H3/t13-/m0/s1. The first-order valence-electron chi connectivity index (χ1n) is 7.63. The summed E-state index contributed by atoms with van der Waals surface area (Å²) < 4.78 is 24.2. The summed E-state index contributed by atoms with van der Waals surface area (Å²) in [6.45, 7) is 6.06. The monoisotopic (exact) mass is 295 g/mol. The molecule has 0 aromatic carbocycles. The molecule has 3 heterocycles. The molecule has 0 radical (unpaired) electrons. The van der Waals surface area contributed by atoms with E-state index in [9.17, 15) is 4.39 Å². The molecule has 3 rings (SSSR count). The minimum Gasteiger partial charge on any atom is -0.379 e. The number of rotatable bonds is 4. The Bertz CT molecular complexity index is 460. The number of halogens is 1. The SMILES string of the molecule is CCOC[C@@H]1CC2(CCN(c3ncc(F)cn3)CC2)CO1. The van der Waals surface area contributed by atoms with Gasteiger partial charge in [-0.15, -0.1) is 0 Å². The predicted molar refractivity (Wildman–Crippen MR) is 76.7 cm³/mol. The van der Waals surface area contributed by atoms with Crippen LogP contribution in [-0.2, 0) is 9.47 Å². The summed E-state index contributed by atoms with van der Waals surface area (Å²) in [5, 5.41) is 0. The molecule has 2 saturated heterocycles. The molecule has 1 atom stereocenters. The van der Waals surface area contributed by atoms with Gasteiger partial charge >= 0.3 is 0 Å². The van der Waals surface area contributed by atoms with Crippen molar-refractivity contribution in [2.45, 2.75) is 32.3 Å². The second-order valence-electron chi connectivity index (χ2n) is 5.98. The van der Waals surface area contributed by atoms with Gasteiger partial charge in [-0.25, -0.2) is 14.4 Å². The number of anilines is 1. The number of hydrogen-bond acceptors (Lipinski definition) is 5. The van der Waals surface area contributed by atoms with Crippen molar-refractivity contribution in [3.63, 3.8) is 0 Å². The summed E-state index contributed by atoms with van der Waals surface area (Å²) in [6, 6.07) is 0. The van der Waals surface area contributed by atoms with Gasteiger partial charge in [0.15, 0.2) is 5.82 Å². The van der Waals surface area contributed by atoms with Gasteiger partial charge in [-0.3, -0.25) is 0 Å². The number of piperidine rings is 1. The van der Waals surface area contributed by atoms with Crippen LogP contribution in [-0.4, -0.2) is 49.0 Å². The van der Waals surface area contributed by atoms with Crippen LogP contribution in [0.15, 0.2) is 12.4 Å². The number of nitrogens with zero attached hydrogens (tertiary/aromatic N) is 3. The molecule has 1 aromatic rings. The van der Waals surface area contributed by atoms with Crippen molar-refractivity contribution in [1.29, 1.82) is 0 Å². The lowest BCUT2D eigenvalue weighted by molar-refractivity contribution is 0.0183. The Kier molecular flexibility index (Phi) is 4.35. The van der Waals surface area contributed by atoms with Gasteiger partial charge in [-0.05, 0) is 31.6 Å². The quantitative estimate of drug-likeness (QED) is 0.850.